The van der Waals surface area contributed by atoms with Gasteiger partial charge in [-0.2, -0.15) is 0 Å². The minimum Gasteiger partial charge on any atom is -0.0614 e. The maximum Gasteiger partial charge on any atom is -0.0147 e. The van der Waals surface area contributed by atoms with E-state index in [2.05, 4.69) is 114 Å². The summed E-state index contributed by atoms with van der Waals surface area (Å²) in [5, 5.41) is 5.59. The van der Waals surface area contributed by atoms with Crippen LogP contribution in [0.5, 0.6) is 0 Å². The van der Waals surface area contributed by atoms with Gasteiger partial charge in [-0.25, -0.2) is 0 Å². The number of aryl methyl sites for hydroxylation is 2. The van der Waals surface area contributed by atoms with Crippen LogP contribution < -0.4 is 0 Å². The molecule has 4 aromatic rings. The van der Waals surface area contributed by atoms with Crippen molar-refractivity contribution < 1.29 is 0 Å². The Bertz CT molecular complexity index is 994. The maximum absolute atomic E-state index is 2.25. The Labute approximate surface area is 170 Å². The van der Waals surface area contributed by atoms with Gasteiger partial charge in [0.25, 0.3) is 0 Å². The molecule has 0 aliphatic rings. The van der Waals surface area contributed by atoms with Gasteiger partial charge < -0.3 is 0 Å². The fourth-order valence-electron chi connectivity index (χ4n) is 3.99. The summed E-state index contributed by atoms with van der Waals surface area (Å²) < 4.78 is 0. The van der Waals surface area contributed by atoms with Gasteiger partial charge in [0.05, 0.1) is 0 Å². The van der Waals surface area contributed by atoms with E-state index in [4.69, 9.17) is 0 Å². The monoisotopic (exact) mass is 368 g/mol. The zero-order valence-electron chi connectivity index (χ0n) is 18.1. The predicted octanol–water partition coefficient (Wildman–Crippen LogP) is 8.54. The molecule has 4 rings (SSSR count). The molecule has 0 heterocycles. The van der Waals surface area contributed by atoms with E-state index in [1.54, 1.807) is 0 Å². The summed E-state index contributed by atoms with van der Waals surface area (Å²) in [5.41, 5.74) is 5.63. The van der Waals surface area contributed by atoms with Crippen molar-refractivity contribution in [2.24, 2.45) is 0 Å². The van der Waals surface area contributed by atoms with E-state index in [1.165, 1.54) is 43.8 Å². The molecule has 0 aliphatic carbocycles. The highest BCUT2D eigenvalue weighted by Crippen LogP contribution is 2.28. The molecule has 144 valence electrons. The highest BCUT2D eigenvalue weighted by atomic mass is 14.1. The zero-order chi connectivity index (χ0) is 20.3. The molecular weight excluding hydrogens is 336 g/mol. The molecule has 0 N–H and O–H groups in total. The molecule has 28 heavy (non-hydrogen) atoms. The van der Waals surface area contributed by atoms with Gasteiger partial charge in [-0.05, 0) is 69.5 Å². The Morgan fingerprint density at radius 2 is 0.750 bits per heavy atom. The Morgan fingerprint density at radius 1 is 0.429 bits per heavy atom. The molecule has 0 saturated heterocycles. The van der Waals surface area contributed by atoms with Gasteiger partial charge in [-0.1, -0.05) is 100 Å². The zero-order valence-corrected chi connectivity index (χ0v) is 18.1. The van der Waals surface area contributed by atoms with Crippen molar-refractivity contribution in [2.75, 3.05) is 0 Å². The summed E-state index contributed by atoms with van der Waals surface area (Å²) in [7, 11) is 0. The van der Waals surface area contributed by atoms with Crippen molar-refractivity contribution in [1.29, 1.82) is 0 Å². The summed E-state index contributed by atoms with van der Waals surface area (Å²) in [5.74, 6) is 1.20. The van der Waals surface area contributed by atoms with Crippen molar-refractivity contribution in [2.45, 2.75) is 53.4 Å². The summed E-state index contributed by atoms with van der Waals surface area (Å²) >= 11 is 0. The van der Waals surface area contributed by atoms with E-state index in [1.807, 2.05) is 0 Å². The largest absolute Gasteiger partial charge is 0.0614 e. The lowest BCUT2D eigenvalue weighted by molar-refractivity contribution is 0.876. The lowest BCUT2D eigenvalue weighted by atomic mass is 9.94. The molecule has 0 nitrogen and oxygen atoms in total. The minimum atomic E-state index is 0.598. The molecule has 0 aliphatic heterocycles. The molecule has 0 fully saturated rings. The third-order valence-electron chi connectivity index (χ3n) is 5.59. The van der Waals surface area contributed by atoms with Gasteiger partial charge in [0.2, 0.25) is 0 Å². The normalized spacial score (nSPS) is 11.1. The first-order valence-corrected chi connectivity index (χ1v) is 10.4. The van der Waals surface area contributed by atoms with Gasteiger partial charge in [-0.15, -0.1) is 0 Å². The SMILES string of the molecule is Cc1cccc2c(C(C)C)cccc12.Cc1cccc2c(C(C)C)cccc12. The van der Waals surface area contributed by atoms with Gasteiger partial charge in [-0.3, -0.25) is 0 Å². The lowest BCUT2D eigenvalue weighted by Gasteiger charge is -2.10. The molecule has 0 unspecified atom stereocenters. The summed E-state index contributed by atoms with van der Waals surface area (Å²) in [6, 6.07) is 26.3. The number of fused-ring (bicyclic) bond motifs is 2. The average Bonchev–Trinajstić information content (AvgIpc) is 2.68. The number of rotatable bonds is 2. The Kier molecular flexibility index (Phi) is 6.19. The van der Waals surface area contributed by atoms with Gasteiger partial charge in [0, 0.05) is 0 Å². The van der Waals surface area contributed by atoms with Crippen LogP contribution in [0.1, 0.15) is 61.8 Å². The molecule has 0 bridgehead atoms. The highest BCUT2D eigenvalue weighted by molar-refractivity contribution is 5.89. The second kappa shape index (κ2) is 8.61. The Hall–Kier alpha value is -2.60. The highest BCUT2D eigenvalue weighted by Gasteiger charge is 2.06. The fourth-order valence-corrected chi connectivity index (χ4v) is 3.99. The minimum absolute atomic E-state index is 0.598. The molecule has 0 spiro atoms. The first kappa shape index (κ1) is 20.1. The van der Waals surface area contributed by atoms with E-state index < -0.39 is 0 Å². The van der Waals surface area contributed by atoms with E-state index in [9.17, 15) is 0 Å². The quantitative estimate of drug-likeness (QED) is 0.332. The number of hydrogen-bond acceptors (Lipinski definition) is 0. The van der Waals surface area contributed by atoms with Crippen LogP contribution in [0.15, 0.2) is 72.8 Å². The van der Waals surface area contributed by atoms with Crippen molar-refractivity contribution >= 4 is 21.5 Å². The molecule has 4 aromatic carbocycles. The average molecular weight is 369 g/mol. The fraction of sp³-hybridized carbons (Fsp3) is 0.286. The standard InChI is InChI=1S/2C14H16/c2*1-10(2)12-7-5-8-13-11(3)6-4-9-14(12)13/h2*4-10H,1-3H3. The third kappa shape index (κ3) is 4.12. The number of benzene rings is 4. The van der Waals surface area contributed by atoms with Gasteiger partial charge in [0.15, 0.2) is 0 Å². The predicted molar refractivity (Wildman–Crippen MR) is 126 cm³/mol. The van der Waals surface area contributed by atoms with Crippen LogP contribution in [0.4, 0.5) is 0 Å². The first-order chi connectivity index (χ1) is 13.4. The smallest absolute Gasteiger partial charge is 0.0147 e. The van der Waals surface area contributed by atoms with Crippen LogP contribution in [0.3, 0.4) is 0 Å². The Balaban J connectivity index is 0.000000161. The molecule has 0 aromatic heterocycles. The van der Waals surface area contributed by atoms with Crippen LogP contribution in [0.2, 0.25) is 0 Å². The van der Waals surface area contributed by atoms with Crippen LogP contribution in [0, 0.1) is 13.8 Å². The van der Waals surface area contributed by atoms with E-state index >= 15 is 0 Å². The molecule has 0 heteroatoms. The van der Waals surface area contributed by atoms with E-state index in [-0.39, 0.29) is 0 Å². The molecular formula is C28H32. The van der Waals surface area contributed by atoms with Crippen molar-refractivity contribution in [3.63, 3.8) is 0 Å². The van der Waals surface area contributed by atoms with Crippen LogP contribution in [0.25, 0.3) is 21.5 Å². The maximum atomic E-state index is 2.25. The molecule has 0 amide bonds. The first-order valence-electron chi connectivity index (χ1n) is 10.4. The summed E-state index contributed by atoms with van der Waals surface area (Å²) in [6.45, 7) is 13.3. The second-order valence-electron chi connectivity index (χ2n) is 8.34. The van der Waals surface area contributed by atoms with E-state index in [0.717, 1.165) is 0 Å². The van der Waals surface area contributed by atoms with Crippen LogP contribution in [-0.4, -0.2) is 0 Å². The number of hydrogen-bond donors (Lipinski definition) is 0. The Morgan fingerprint density at radius 3 is 1.11 bits per heavy atom. The van der Waals surface area contributed by atoms with Crippen molar-refractivity contribution in [3.8, 4) is 0 Å². The van der Waals surface area contributed by atoms with Crippen molar-refractivity contribution in [1.82, 2.24) is 0 Å². The summed E-state index contributed by atoms with van der Waals surface area (Å²) in [6.07, 6.45) is 0. The third-order valence-corrected chi connectivity index (χ3v) is 5.59. The summed E-state index contributed by atoms with van der Waals surface area (Å²) in [4.78, 5) is 0. The van der Waals surface area contributed by atoms with Gasteiger partial charge in [0.1, 0.15) is 0 Å². The lowest BCUT2D eigenvalue weighted by Crippen LogP contribution is -1.89. The second-order valence-corrected chi connectivity index (χ2v) is 8.34. The van der Waals surface area contributed by atoms with Crippen LogP contribution >= 0.6 is 0 Å². The molecule has 0 atom stereocenters. The van der Waals surface area contributed by atoms with E-state index in [0.29, 0.717) is 11.8 Å². The van der Waals surface area contributed by atoms with Gasteiger partial charge >= 0.3 is 0 Å². The topological polar surface area (TPSA) is 0 Å². The van der Waals surface area contributed by atoms with Crippen LogP contribution in [-0.2, 0) is 0 Å². The molecule has 0 saturated carbocycles. The molecule has 0 radical (unpaired) electrons. The van der Waals surface area contributed by atoms with Crippen molar-refractivity contribution in [3.05, 3.63) is 95.1 Å².